The van der Waals surface area contributed by atoms with Crippen LogP contribution in [0.2, 0.25) is 0 Å². The maximum atomic E-state index is 12.8. The molecular formula is C25H33N5O2. The van der Waals surface area contributed by atoms with Crippen molar-refractivity contribution in [2.75, 3.05) is 33.4 Å². The summed E-state index contributed by atoms with van der Waals surface area (Å²) in [4.78, 5) is 19.6. The Hall–Kier alpha value is -2.77. The zero-order valence-electron chi connectivity index (χ0n) is 19.1. The van der Waals surface area contributed by atoms with Gasteiger partial charge < -0.3 is 15.0 Å². The molecule has 1 saturated heterocycles. The van der Waals surface area contributed by atoms with Crippen molar-refractivity contribution in [2.24, 2.45) is 5.92 Å². The third kappa shape index (κ3) is 5.53. The van der Waals surface area contributed by atoms with Gasteiger partial charge in [-0.05, 0) is 68.1 Å². The van der Waals surface area contributed by atoms with Gasteiger partial charge in [0.15, 0.2) is 5.69 Å². The highest BCUT2D eigenvalue weighted by molar-refractivity contribution is 6.05. The summed E-state index contributed by atoms with van der Waals surface area (Å²) in [5.74, 6) is 0.335. The molecule has 0 atom stereocenters. The smallest absolute Gasteiger partial charge is 0.272 e. The molecule has 1 fully saturated rings. The maximum Gasteiger partial charge on any atom is 0.272 e. The molecule has 170 valence electrons. The van der Waals surface area contributed by atoms with Crippen molar-refractivity contribution in [2.45, 2.75) is 39.2 Å². The van der Waals surface area contributed by atoms with E-state index in [-0.39, 0.29) is 5.91 Å². The molecule has 1 aromatic carbocycles. The monoisotopic (exact) mass is 435 g/mol. The van der Waals surface area contributed by atoms with Gasteiger partial charge >= 0.3 is 0 Å². The summed E-state index contributed by atoms with van der Waals surface area (Å²) in [6.07, 6.45) is 8.17. The van der Waals surface area contributed by atoms with Gasteiger partial charge in [0.1, 0.15) is 0 Å². The van der Waals surface area contributed by atoms with E-state index in [4.69, 9.17) is 4.74 Å². The van der Waals surface area contributed by atoms with Gasteiger partial charge in [-0.1, -0.05) is 19.4 Å². The normalized spacial score (nSPS) is 14.8. The second-order valence-electron chi connectivity index (χ2n) is 8.77. The summed E-state index contributed by atoms with van der Waals surface area (Å²) in [6, 6.07) is 8.24. The molecule has 2 aromatic heterocycles. The summed E-state index contributed by atoms with van der Waals surface area (Å²) in [5, 5.41) is 11.2. The van der Waals surface area contributed by atoms with Crippen molar-refractivity contribution in [3.63, 3.8) is 0 Å². The van der Waals surface area contributed by atoms with Crippen LogP contribution >= 0.6 is 0 Å². The van der Waals surface area contributed by atoms with Crippen LogP contribution in [-0.4, -0.2) is 59.3 Å². The number of H-pyrrole nitrogens is 1. The van der Waals surface area contributed by atoms with Gasteiger partial charge in [0, 0.05) is 49.6 Å². The molecule has 32 heavy (non-hydrogen) atoms. The minimum atomic E-state index is -0.135. The topological polar surface area (TPSA) is 83.1 Å². The molecule has 4 rings (SSSR count). The number of carbonyl (C=O) groups excluding carboxylic acids is 1. The average molecular weight is 436 g/mol. The number of ether oxygens (including phenoxy) is 1. The largest absolute Gasteiger partial charge is 0.381 e. The fourth-order valence-corrected chi connectivity index (χ4v) is 4.19. The van der Waals surface area contributed by atoms with E-state index in [9.17, 15) is 4.79 Å². The molecule has 0 spiro atoms. The van der Waals surface area contributed by atoms with E-state index in [0.717, 1.165) is 61.2 Å². The van der Waals surface area contributed by atoms with Crippen LogP contribution in [0.3, 0.4) is 0 Å². The first kappa shape index (κ1) is 22.4. The van der Waals surface area contributed by atoms with Crippen molar-refractivity contribution in [3.8, 4) is 11.1 Å². The van der Waals surface area contributed by atoms with Crippen molar-refractivity contribution in [3.05, 3.63) is 47.9 Å². The summed E-state index contributed by atoms with van der Waals surface area (Å²) >= 11 is 0. The van der Waals surface area contributed by atoms with Gasteiger partial charge in [-0.3, -0.25) is 14.9 Å². The second kappa shape index (κ2) is 10.7. The van der Waals surface area contributed by atoms with E-state index in [1.54, 1.807) is 0 Å². The Morgan fingerprint density at radius 3 is 2.88 bits per heavy atom. The average Bonchev–Trinajstić information content (AvgIpc) is 3.25. The third-order valence-corrected chi connectivity index (χ3v) is 6.14. The lowest BCUT2D eigenvalue weighted by Crippen LogP contribution is -2.32. The van der Waals surface area contributed by atoms with Crippen LogP contribution in [0.15, 0.2) is 36.7 Å². The Balaban J connectivity index is 1.49. The number of rotatable bonds is 9. The van der Waals surface area contributed by atoms with Crippen molar-refractivity contribution in [1.29, 1.82) is 0 Å². The predicted molar refractivity (Wildman–Crippen MR) is 126 cm³/mol. The zero-order valence-corrected chi connectivity index (χ0v) is 19.1. The minimum Gasteiger partial charge on any atom is -0.381 e. The SMILES string of the molecule is CCCCN(C)Cc1cncc(-c2ccc3[nH]nc(C(=O)NCC4CCOCC4)c3c2)c1. The van der Waals surface area contributed by atoms with Gasteiger partial charge in [-0.15, -0.1) is 0 Å². The van der Waals surface area contributed by atoms with E-state index >= 15 is 0 Å². The number of amides is 1. The lowest BCUT2D eigenvalue weighted by atomic mass is 10.0. The van der Waals surface area contributed by atoms with Crippen LogP contribution in [0.1, 0.15) is 48.7 Å². The standard InChI is InChI=1S/C25H33N5O2/c1-3-4-9-30(2)17-19-12-21(16-26-14-19)20-5-6-23-22(13-20)24(29-28-23)25(31)27-15-18-7-10-32-11-8-18/h5-6,12-14,16,18H,3-4,7-11,15,17H2,1-2H3,(H,27,31)(H,28,29). The Kier molecular flexibility index (Phi) is 7.50. The third-order valence-electron chi connectivity index (χ3n) is 6.14. The first-order chi connectivity index (χ1) is 15.6. The molecule has 0 saturated carbocycles. The zero-order chi connectivity index (χ0) is 22.3. The molecule has 1 amide bonds. The quantitative estimate of drug-likeness (QED) is 0.531. The molecule has 7 nitrogen and oxygen atoms in total. The number of aromatic amines is 1. The summed E-state index contributed by atoms with van der Waals surface area (Å²) in [7, 11) is 2.14. The van der Waals surface area contributed by atoms with Gasteiger partial charge in [0.2, 0.25) is 0 Å². The number of carbonyl (C=O) groups is 1. The first-order valence-electron chi connectivity index (χ1n) is 11.6. The van der Waals surface area contributed by atoms with Gasteiger partial charge in [0.25, 0.3) is 5.91 Å². The van der Waals surface area contributed by atoms with E-state index in [1.165, 1.54) is 18.4 Å². The molecule has 3 aromatic rings. The number of benzene rings is 1. The summed E-state index contributed by atoms with van der Waals surface area (Å²) < 4.78 is 5.40. The van der Waals surface area contributed by atoms with E-state index in [2.05, 4.69) is 45.4 Å². The Morgan fingerprint density at radius 1 is 1.22 bits per heavy atom. The summed E-state index contributed by atoms with van der Waals surface area (Å²) in [5.41, 5.74) is 4.56. The Labute approximate surface area is 189 Å². The molecule has 0 radical (unpaired) electrons. The van der Waals surface area contributed by atoms with Crippen LogP contribution < -0.4 is 5.32 Å². The van der Waals surface area contributed by atoms with Gasteiger partial charge in [0.05, 0.1) is 5.52 Å². The molecule has 7 heteroatoms. The number of nitrogens with zero attached hydrogens (tertiary/aromatic N) is 3. The van der Waals surface area contributed by atoms with Crippen LogP contribution in [-0.2, 0) is 11.3 Å². The molecule has 1 aliphatic rings. The molecule has 3 heterocycles. The van der Waals surface area contributed by atoms with Gasteiger partial charge in [-0.2, -0.15) is 5.10 Å². The number of unbranched alkanes of at least 4 members (excludes halogenated alkanes) is 1. The number of pyridine rings is 1. The van der Waals surface area contributed by atoms with Crippen LogP contribution in [0.4, 0.5) is 0 Å². The number of hydrogen-bond donors (Lipinski definition) is 2. The lowest BCUT2D eigenvalue weighted by molar-refractivity contribution is 0.0642. The highest BCUT2D eigenvalue weighted by atomic mass is 16.5. The fourth-order valence-electron chi connectivity index (χ4n) is 4.19. The second-order valence-corrected chi connectivity index (χ2v) is 8.77. The number of nitrogens with one attached hydrogen (secondary N) is 2. The molecule has 0 aliphatic carbocycles. The van der Waals surface area contributed by atoms with Crippen molar-refractivity contribution < 1.29 is 9.53 Å². The molecule has 2 N–H and O–H groups in total. The van der Waals surface area contributed by atoms with E-state index in [0.29, 0.717) is 18.2 Å². The number of aromatic nitrogens is 3. The lowest BCUT2D eigenvalue weighted by Gasteiger charge is -2.21. The highest BCUT2D eigenvalue weighted by Gasteiger charge is 2.18. The maximum absolute atomic E-state index is 12.8. The molecule has 0 bridgehead atoms. The van der Waals surface area contributed by atoms with Crippen molar-refractivity contribution >= 4 is 16.8 Å². The first-order valence-corrected chi connectivity index (χ1v) is 11.6. The molecule has 1 aliphatic heterocycles. The van der Waals surface area contributed by atoms with Crippen LogP contribution in [0.5, 0.6) is 0 Å². The summed E-state index contributed by atoms with van der Waals surface area (Å²) in [6.45, 7) is 6.37. The van der Waals surface area contributed by atoms with Crippen LogP contribution in [0, 0.1) is 5.92 Å². The minimum absolute atomic E-state index is 0.135. The van der Waals surface area contributed by atoms with Crippen LogP contribution in [0.25, 0.3) is 22.0 Å². The predicted octanol–water partition coefficient (Wildman–Crippen LogP) is 4.01. The number of hydrogen-bond acceptors (Lipinski definition) is 5. The molecule has 0 unspecified atom stereocenters. The number of fused-ring (bicyclic) bond motifs is 1. The Bertz CT molecular complexity index is 1040. The Morgan fingerprint density at radius 2 is 2.06 bits per heavy atom. The molecular weight excluding hydrogens is 402 g/mol. The van der Waals surface area contributed by atoms with E-state index < -0.39 is 0 Å². The van der Waals surface area contributed by atoms with Gasteiger partial charge in [-0.25, -0.2) is 0 Å². The highest BCUT2D eigenvalue weighted by Crippen LogP contribution is 2.26. The van der Waals surface area contributed by atoms with E-state index in [1.807, 2.05) is 30.6 Å². The van der Waals surface area contributed by atoms with Crippen molar-refractivity contribution in [1.82, 2.24) is 25.4 Å². The fraction of sp³-hybridized carbons (Fsp3) is 0.480.